The highest BCUT2D eigenvalue weighted by Crippen LogP contribution is 2.31. The SMILES string of the molecule is CC(C)(C)c1ccc(NC(=O)C(NC(=O)[C@@H]2CNC(=O)C2)C2CCOCC2)cc1Cl. The second kappa shape index (κ2) is 9.35. The van der Waals surface area contributed by atoms with E-state index in [1.165, 1.54) is 0 Å². The molecule has 2 aliphatic heterocycles. The molecule has 7 nitrogen and oxygen atoms in total. The summed E-state index contributed by atoms with van der Waals surface area (Å²) in [6.07, 6.45) is 1.52. The molecule has 3 rings (SSSR count). The number of carbonyl (C=O) groups is 3. The van der Waals surface area contributed by atoms with Crippen molar-refractivity contribution in [3.05, 3.63) is 28.8 Å². The van der Waals surface area contributed by atoms with Crippen molar-refractivity contribution in [3.63, 3.8) is 0 Å². The summed E-state index contributed by atoms with van der Waals surface area (Å²) in [5.41, 5.74) is 1.47. The largest absolute Gasteiger partial charge is 0.381 e. The number of anilines is 1. The topological polar surface area (TPSA) is 96.5 Å². The Labute approximate surface area is 182 Å². The quantitative estimate of drug-likeness (QED) is 0.662. The first-order valence-corrected chi connectivity index (χ1v) is 10.8. The van der Waals surface area contributed by atoms with Crippen molar-refractivity contribution in [3.8, 4) is 0 Å². The van der Waals surface area contributed by atoms with Gasteiger partial charge in [0.05, 0.1) is 5.92 Å². The lowest BCUT2D eigenvalue weighted by Crippen LogP contribution is -2.51. The maximum atomic E-state index is 13.1. The Morgan fingerprint density at radius 2 is 1.93 bits per heavy atom. The average Bonchev–Trinajstić information content (AvgIpc) is 3.12. The predicted octanol–water partition coefficient (Wildman–Crippen LogP) is 2.62. The summed E-state index contributed by atoms with van der Waals surface area (Å²) < 4.78 is 5.41. The van der Waals surface area contributed by atoms with Gasteiger partial charge in [-0.05, 0) is 41.9 Å². The molecule has 1 aromatic carbocycles. The number of hydrogen-bond acceptors (Lipinski definition) is 4. The summed E-state index contributed by atoms with van der Waals surface area (Å²) in [4.78, 5) is 37.3. The number of benzene rings is 1. The van der Waals surface area contributed by atoms with Gasteiger partial charge < -0.3 is 20.7 Å². The zero-order valence-corrected chi connectivity index (χ0v) is 18.5. The number of carbonyl (C=O) groups excluding carboxylic acids is 3. The van der Waals surface area contributed by atoms with Crippen molar-refractivity contribution in [2.45, 2.75) is 51.5 Å². The summed E-state index contributed by atoms with van der Waals surface area (Å²) in [6, 6.07) is 4.78. The van der Waals surface area contributed by atoms with E-state index in [0.717, 1.165) is 5.56 Å². The number of ether oxygens (including phenoxy) is 1. The molecule has 0 radical (unpaired) electrons. The maximum Gasteiger partial charge on any atom is 0.247 e. The van der Waals surface area contributed by atoms with Gasteiger partial charge in [0.15, 0.2) is 0 Å². The van der Waals surface area contributed by atoms with Crippen LogP contribution in [-0.2, 0) is 24.5 Å². The summed E-state index contributed by atoms with van der Waals surface area (Å²) in [5.74, 6) is -1.19. The molecule has 164 valence electrons. The summed E-state index contributed by atoms with van der Waals surface area (Å²) in [6.45, 7) is 7.64. The van der Waals surface area contributed by atoms with Gasteiger partial charge in [0.2, 0.25) is 17.7 Å². The minimum absolute atomic E-state index is 0.0305. The van der Waals surface area contributed by atoms with E-state index in [2.05, 4.69) is 36.7 Å². The van der Waals surface area contributed by atoms with Crippen LogP contribution in [-0.4, -0.2) is 43.5 Å². The van der Waals surface area contributed by atoms with E-state index in [-0.39, 0.29) is 35.5 Å². The van der Waals surface area contributed by atoms with Crippen molar-refractivity contribution >= 4 is 35.0 Å². The van der Waals surface area contributed by atoms with Crippen LogP contribution < -0.4 is 16.0 Å². The van der Waals surface area contributed by atoms with E-state index >= 15 is 0 Å². The molecule has 0 spiro atoms. The fourth-order valence-electron chi connectivity index (χ4n) is 3.93. The lowest BCUT2D eigenvalue weighted by atomic mass is 9.87. The zero-order chi connectivity index (χ0) is 21.9. The van der Waals surface area contributed by atoms with E-state index in [9.17, 15) is 14.4 Å². The van der Waals surface area contributed by atoms with Crippen molar-refractivity contribution < 1.29 is 19.1 Å². The predicted molar refractivity (Wildman–Crippen MR) is 115 cm³/mol. The maximum absolute atomic E-state index is 13.1. The van der Waals surface area contributed by atoms with Crippen molar-refractivity contribution in [1.82, 2.24) is 10.6 Å². The van der Waals surface area contributed by atoms with Crippen LogP contribution in [0.15, 0.2) is 18.2 Å². The van der Waals surface area contributed by atoms with Crippen LogP contribution >= 0.6 is 11.6 Å². The third-order valence-corrected chi connectivity index (χ3v) is 6.02. The molecule has 3 N–H and O–H groups in total. The Morgan fingerprint density at radius 3 is 2.50 bits per heavy atom. The minimum atomic E-state index is -0.696. The lowest BCUT2D eigenvalue weighted by Gasteiger charge is -2.31. The van der Waals surface area contributed by atoms with Crippen molar-refractivity contribution in [2.75, 3.05) is 25.1 Å². The smallest absolute Gasteiger partial charge is 0.247 e. The molecule has 0 aliphatic carbocycles. The molecule has 0 bridgehead atoms. The Balaban J connectivity index is 1.74. The van der Waals surface area contributed by atoms with E-state index in [4.69, 9.17) is 16.3 Å². The highest BCUT2D eigenvalue weighted by atomic mass is 35.5. The van der Waals surface area contributed by atoms with E-state index in [0.29, 0.717) is 43.3 Å². The molecular weight excluding hydrogens is 406 g/mol. The van der Waals surface area contributed by atoms with Crippen LogP contribution in [0.4, 0.5) is 5.69 Å². The van der Waals surface area contributed by atoms with E-state index in [1.54, 1.807) is 6.07 Å². The molecule has 2 fully saturated rings. The molecule has 30 heavy (non-hydrogen) atoms. The van der Waals surface area contributed by atoms with Crippen LogP contribution in [0, 0.1) is 11.8 Å². The highest BCUT2D eigenvalue weighted by Gasteiger charge is 2.35. The van der Waals surface area contributed by atoms with Crippen LogP contribution in [0.3, 0.4) is 0 Å². The summed E-state index contributed by atoms with van der Waals surface area (Å²) in [7, 11) is 0. The second-order valence-corrected chi connectivity index (χ2v) is 9.48. The van der Waals surface area contributed by atoms with Gasteiger partial charge >= 0.3 is 0 Å². The van der Waals surface area contributed by atoms with Crippen LogP contribution in [0.25, 0.3) is 0 Å². The molecular formula is C22H30ClN3O4. The highest BCUT2D eigenvalue weighted by molar-refractivity contribution is 6.31. The molecule has 2 heterocycles. The Bertz CT molecular complexity index is 815. The molecule has 1 aromatic rings. The molecule has 1 unspecified atom stereocenters. The Hall–Kier alpha value is -2.12. The summed E-state index contributed by atoms with van der Waals surface area (Å²) in [5, 5.41) is 9.04. The van der Waals surface area contributed by atoms with E-state index < -0.39 is 12.0 Å². The number of hydrogen-bond donors (Lipinski definition) is 3. The number of rotatable bonds is 5. The standard InChI is InChI=1S/C22H30ClN3O4/c1-22(2,3)16-5-4-15(11-17(16)23)25-21(29)19(13-6-8-30-9-7-13)26-20(28)14-10-18(27)24-12-14/h4-5,11,13-14,19H,6-10,12H2,1-3H3,(H,24,27)(H,25,29)(H,26,28)/t14-,19?/m0/s1. The van der Waals surface area contributed by atoms with Crippen molar-refractivity contribution in [2.24, 2.45) is 11.8 Å². The lowest BCUT2D eigenvalue weighted by molar-refractivity contribution is -0.131. The molecule has 8 heteroatoms. The Morgan fingerprint density at radius 1 is 1.23 bits per heavy atom. The van der Waals surface area contributed by atoms with Gasteiger partial charge in [0.25, 0.3) is 0 Å². The zero-order valence-electron chi connectivity index (χ0n) is 17.7. The first kappa shape index (κ1) is 22.6. The van der Waals surface area contributed by atoms with Gasteiger partial charge in [-0.2, -0.15) is 0 Å². The molecule has 2 atom stereocenters. The monoisotopic (exact) mass is 435 g/mol. The molecule has 3 amide bonds. The van der Waals surface area contributed by atoms with Crippen LogP contribution in [0.1, 0.15) is 45.6 Å². The summed E-state index contributed by atoms with van der Waals surface area (Å²) >= 11 is 6.43. The molecule has 2 saturated heterocycles. The first-order valence-electron chi connectivity index (χ1n) is 10.4. The normalized spacial score (nSPS) is 21.1. The fraction of sp³-hybridized carbons (Fsp3) is 0.591. The molecule has 0 saturated carbocycles. The van der Waals surface area contributed by atoms with Crippen LogP contribution in [0.5, 0.6) is 0 Å². The second-order valence-electron chi connectivity index (χ2n) is 9.08. The van der Waals surface area contributed by atoms with Gasteiger partial charge in [-0.15, -0.1) is 0 Å². The van der Waals surface area contributed by atoms with Crippen molar-refractivity contribution in [1.29, 1.82) is 0 Å². The number of halogens is 1. The van der Waals surface area contributed by atoms with E-state index in [1.807, 2.05) is 12.1 Å². The van der Waals surface area contributed by atoms with Gasteiger partial charge in [0, 0.05) is 36.9 Å². The number of amides is 3. The fourth-order valence-corrected chi connectivity index (χ4v) is 4.39. The Kier molecular flexibility index (Phi) is 7.03. The molecule has 2 aliphatic rings. The average molecular weight is 436 g/mol. The van der Waals surface area contributed by atoms with Gasteiger partial charge in [0.1, 0.15) is 6.04 Å². The van der Waals surface area contributed by atoms with Gasteiger partial charge in [-0.25, -0.2) is 0 Å². The van der Waals surface area contributed by atoms with Gasteiger partial charge in [-0.1, -0.05) is 38.4 Å². The first-order chi connectivity index (χ1) is 14.1. The number of nitrogens with one attached hydrogen (secondary N) is 3. The molecule has 0 aromatic heterocycles. The third-order valence-electron chi connectivity index (χ3n) is 5.71. The van der Waals surface area contributed by atoms with Gasteiger partial charge in [-0.3, -0.25) is 14.4 Å². The third kappa shape index (κ3) is 5.52. The minimum Gasteiger partial charge on any atom is -0.381 e. The van der Waals surface area contributed by atoms with Crippen LogP contribution in [0.2, 0.25) is 5.02 Å².